The Bertz CT molecular complexity index is 1020. The first-order chi connectivity index (χ1) is 11.5. The van der Waals surface area contributed by atoms with E-state index in [1.165, 1.54) is 24.4 Å². The molecule has 0 unspecified atom stereocenters. The summed E-state index contributed by atoms with van der Waals surface area (Å²) >= 11 is 1.28. The fourth-order valence-corrected chi connectivity index (χ4v) is 5.73. The van der Waals surface area contributed by atoms with Crippen molar-refractivity contribution in [3.05, 3.63) is 6.20 Å². The van der Waals surface area contributed by atoms with E-state index in [1.54, 1.807) is 6.20 Å². The third kappa shape index (κ3) is 2.58. The van der Waals surface area contributed by atoms with Crippen LogP contribution in [0.5, 0.6) is 0 Å². The summed E-state index contributed by atoms with van der Waals surface area (Å²) < 4.78 is 35.0. The zero-order chi connectivity index (χ0) is 16.9. The molecule has 0 saturated heterocycles. The number of nitrogens with zero attached hydrogens (tertiary/aromatic N) is 4. The van der Waals surface area contributed by atoms with Gasteiger partial charge in [0.2, 0.25) is 0 Å². The zero-order valence-corrected chi connectivity index (χ0v) is 17.1. The summed E-state index contributed by atoms with van der Waals surface area (Å²) in [4.78, 5) is 10.6. The first-order valence-corrected chi connectivity index (χ1v) is 13.5. The van der Waals surface area contributed by atoms with Crippen LogP contribution < -0.4 is 25.0 Å². The second-order valence-corrected chi connectivity index (χ2v) is 10.3. The summed E-state index contributed by atoms with van der Waals surface area (Å²) in [6, 6.07) is 0.347. The van der Waals surface area contributed by atoms with Crippen molar-refractivity contribution >= 4 is 48.4 Å². The molecule has 1 fully saturated rings. The predicted octanol–water partition coefficient (Wildman–Crippen LogP) is -0.395. The molecule has 0 spiro atoms. The van der Waals surface area contributed by atoms with Crippen LogP contribution in [0.4, 0.5) is 5.82 Å². The molecule has 130 valence electrons. The van der Waals surface area contributed by atoms with Gasteiger partial charge in [-0.05, 0) is 0 Å². The van der Waals surface area contributed by atoms with Crippen molar-refractivity contribution in [2.45, 2.75) is 36.9 Å². The van der Waals surface area contributed by atoms with Crippen LogP contribution in [-0.4, -0.2) is 38.5 Å². The number of hydrogen-bond acceptors (Lipinski definition) is 7. The Labute approximate surface area is 154 Å². The number of hydrogen-bond donors (Lipinski definition) is 1. The number of aromatic nitrogens is 4. The van der Waals surface area contributed by atoms with Gasteiger partial charge in [-0.3, -0.25) is 0 Å². The van der Waals surface area contributed by atoms with Gasteiger partial charge in [0.15, 0.2) is 0 Å². The molecule has 3 heterocycles. The van der Waals surface area contributed by atoms with Crippen LogP contribution in [0.15, 0.2) is 11.4 Å². The number of anilines is 1. The molecule has 0 atom stereocenters. The Morgan fingerprint density at radius 2 is 2.12 bits per heavy atom. The maximum absolute atomic E-state index is 11.9. The summed E-state index contributed by atoms with van der Waals surface area (Å²) in [5.41, 5.74) is 1.78. The fraction of sp³-hybridized carbons (Fsp3) is 0.500. The van der Waals surface area contributed by atoms with Gasteiger partial charge >= 0.3 is 155 Å². The SMILES string of the molecule is C[I-]Nc1nsc2c3cnc(S(C)(=O)=O)nc3n(C3CCCC3)c12. The quantitative estimate of drug-likeness (QED) is 0.238. The number of sulfone groups is 1. The van der Waals surface area contributed by atoms with Crippen LogP contribution in [0.25, 0.3) is 21.3 Å². The third-order valence-corrected chi connectivity index (χ3v) is 7.11. The van der Waals surface area contributed by atoms with Gasteiger partial charge < -0.3 is 0 Å². The van der Waals surface area contributed by atoms with E-state index < -0.39 is 9.84 Å². The van der Waals surface area contributed by atoms with E-state index >= 15 is 0 Å². The van der Waals surface area contributed by atoms with E-state index in [2.05, 4.69) is 27.4 Å². The second-order valence-electron chi connectivity index (χ2n) is 5.96. The van der Waals surface area contributed by atoms with Crippen molar-refractivity contribution in [1.82, 2.24) is 18.9 Å². The van der Waals surface area contributed by atoms with Crippen molar-refractivity contribution in [3.8, 4) is 0 Å². The molecule has 3 aromatic heterocycles. The Balaban J connectivity index is 2.07. The zero-order valence-electron chi connectivity index (χ0n) is 13.3. The van der Waals surface area contributed by atoms with Crippen molar-refractivity contribution in [2.24, 2.45) is 0 Å². The third-order valence-electron chi connectivity index (χ3n) is 4.33. The van der Waals surface area contributed by atoms with Gasteiger partial charge in [0, 0.05) is 0 Å². The number of alkyl halides is 1. The van der Waals surface area contributed by atoms with Crippen LogP contribution in [0, 0.1) is 0 Å². The number of nitrogens with one attached hydrogen (secondary N) is 1. The Morgan fingerprint density at radius 3 is 2.79 bits per heavy atom. The van der Waals surface area contributed by atoms with Crippen molar-refractivity contribution < 1.29 is 29.9 Å². The maximum atomic E-state index is 11.9. The van der Waals surface area contributed by atoms with Crippen molar-refractivity contribution in [2.75, 3.05) is 14.7 Å². The molecule has 1 aliphatic rings. The van der Waals surface area contributed by atoms with Gasteiger partial charge in [-0.15, -0.1) is 0 Å². The summed E-state index contributed by atoms with van der Waals surface area (Å²) in [7, 11) is -3.43. The first kappa shape index (κ1) is 16.5. The second kappa shape index (κ2) is 6.06. The molecule has 7 nitrogen and oxygen atoms in total. The van der Waals surface area contributed by atoms with Gasteiger partial charge in [-0.1, -0.05) is 0 Å². The van der Waals surface area contributed by atoms with Crippen molar-refractivity contribution in [1.29, 1.82) is 0 Å². The van der Waals surface area contributed by atoms with E-state index in [9.17, 15) is 8.42 Å². The molecule has 0 radical (unpaired) electrons. The minimum absolute atomic E-state index is 0.107. The normalized spacial score (nSPS) is 16.6. The molecule has 4 rings (SSSR count). The average molecular weight is 478 g/mol. The Morgan fingerprint density at radius 1 is 1.38 bits per heavy atom. The van der Waals surface area contributed by atoms with Gasteiger partial charge in [0.25, 0.3) is 0 Å². The van der Waals surface area contributed by atoms with Gasteiger partial charge in [-0.2, -0.15) is 0 Å². The van der Waals surface area contributed by atoms with E-state index in [0.29, 0.717) is 6.04 Å². The molecule has 0 bridgehead atoms. The van der Waals surface area contributed by atoms with E-state index in [1.807, 2.05) is 0 Å². The molecule has 1 aliphatic carbocycles. The number of halogens is 1. The summed E-state index contributed by atoms with van der Waals surface area (Å²) in [6.45, 7) is 0. The molecule has 0 amide bonds. The Hall–Kier alpha value is -1.01. The van der Waals surface area contributed by atoms with Crippen LogP contribution in [0.1, 0.15) is 31.7 Å². The minimum atomic E-state index is -3.43. The summed E-state index contributed by atoms with van der Waals surface area (Å²) in [6.07, 6.45) is 7.35. The van der Waals surface area contributed by atoms with Crippen LogP contribution in [-0.2, 0) is 9.84 Å². The summed E-state index contributed by atoms with van der Waals surface area (Å²) in [5.74, 6) is 0.899. The molecular formula is C14H17IN5O2S2-. The summed E-state index contributed by atoms with van der Waals surface area (Å²) in [5, 5.41) is 0.786. The van der Waals surface area contributed by atoms with Crippen molar-refractivity contribution in [3.63, 3.8) is 0 Å². The molecular weight excluding hydrogens is 461 g/mol. The molecule has 24 heavy (non-hydrogen) atoms. The van der Waals surface area contributed by atoms with E-state index in [4.69, 9.17) is 0 Å². The topological polar surface area (TPSA) is 89.8 Å². The van der Waals surface area contributed by atoms with Crippen LogP contribution in [0.2, 0.25) is 0 Å². The molecule has 3 aromatic rings. The predicted molar refractivity (Wildman–Crippen MR) is 90.9 cm³/mol. The van der Waals surface area contributed by atoms with E-state index in [0.717, 1.165) is 46.2 Å². The standard InChI is InChI=1S/C14H17IN5O2S2/c1-15-18-12-10-11(23-19-12)9-7-16-14(24(2,21)22)17-13(9)20(10)8-5-3-4-6-8/h7-8H,3-6H2,1-2H3,(H,18,19)/q-1. The molecule has 0 aromatic carbocycles. The average Bonchev–Trinajstić information content (AvgIpc) is 3.23. The van der Waals surface area contributed by atoms with Gasteiger partial charge in [0.05, 0.1) is 0 Å². The van der Waals surface area contributed by atoms with Gasteiger partial charge in [0.1, 0.15) is 0 Å². The fourth-order valence-electron chi connectivity index (χ4n) is 3.34. The monoisotopic (exact) mass is 478 g/mol. The van der Waals surface area contributed by atoms with E-state index in [-0.39, 0.29) is 26.6 Å². The molecule has 10 heteroatoms. The molecule has 1 N–H and O–H groups in total. The number of fused-ring (bicyclic) bond motifs is 3. The first-order valence-electron chi connectivity index (χ1n) is 7.61. The molecule has 0 aliphatic heterocycles. The van der Waals surface area contributed by atoms with Gasteiger partial charge in [-0.25, -0.2) is 0 Å². The van der Waals surface area contributed by atoms with Crippen LogP contribution >= 0.6 is 11.5 Å². The number of rotatable bonds is 4. The molecule has 1 saturated carbocycles. The van der Waals surface area contributed by atoms with Crippen LogP contribution in [0.3, 0.4) is 0 Å². The Kier molecular flexibility index (Phi) is 4.15.